The Morgan fingerprint density at radius 1 is 1.07 bits per heavy atom. The minimum Gasteiger partial charge on any atom is -0.353 e. The minimum absolute atomic E-state index is 0.198. The predicted molar refractivity (Wildman–Crippen MR) is 110 cm³/mol. The molecule has 8 heteroatoms. The molecule has 0 atom stereocenters. The molecule has 0 N–H and O–H groups in total. The monoisotopic (exact) mass is 396 g/mol. The molecule has 4 rings (SSSR count). The van der Waals surface area contributed by atoms with Crippen LogP contribution in [-0.2, 0) is 11.2 Å². The smallest absolute Gasteiger partial charge is 0.227 e. The van der Waals surface area contributed by atoms with E-state index in [4.69, 9.17) is 0 Å². The van der Waals surface area contributed by atoms with Crippen molar-refractivity contribution in [3.63, 3.8) is 0 Å². The highest BCUT2D eigenvalue weighted by Crippen LogP contribution is 2.19. The molecule has 0 unspecified atom stereocenters. The average Bonchev–Trinajstić information content (AvgIpc) is 3.30. The number of carbonyl (C=O) groups excluding carboxylic acids is 1. The number of hydrogen-bond acceptors (Lipinski definition) is 6. The lowest BCUT2D eigenvalue weighted by Crippen LogP contribution is -2.49. The van der Waals surface area contributed by atoms with Crippen LogP contribution in [0.2, 0.25) is 0 Å². The molecule has 4 heterocycles. The number of hydrogen-bond donors (Lipinski definition) is 0. The molecule has 3 aromatic heterocycles. The van der Waals surface area contributed by atoms with Crippen molar-refractivity contribution in [3.05, 3.63) is 51.7 Å². The van der Waals surface area contributed by atoms with Crippen LogP contribution in [0.5, 0.6) is 0 Å². The van der Waals surface area contributed by atoms with Crippen molar-refractivity contribution in [1.29, 1.82) is 0 Å². The van der Waals surface area contributed by atoms with Crippen LogP contribution in [0.15, 0.2) is 29.6 Å². The van der Waals surface area contributed by atoms with Gasteiger partial charge in [-0.2, -0.15) is 5.10 Å². The summed E-state index contributed by atoms with van der Waals surface area (Å²) >= 11 is 1.63. The molecule has 3 aromatic rings. The van der Waals surface area contributed by atoms with Gasteiger partial charge in [-0.15, -0.1) is 11.3 Å². The van der Waals surface area contributed by atoms with Crippen molar-refractivity contribution in [3.8, 4) is 5.82 Å². The Balaban J connectivity index is 1.46. The molecule has 0 spiro atoms. The first-order chi connectivity index (χ1) is 13.5. The van der Waals surface area contributed by atoms with Gasteiger partial charge >= 0.3 is 0 Å². The third-order valence-electron chi connectivity index (χ3n) is 4.90. The lowest BCUT2D eigenvalue weighted by Gasteiger charge is -2.35. The van der Waals surface area contributed by atoms with Gasteiger partial charge in [-0.1, -0.05) is 6.07 Å². The van der Waals surface area contributed by atoms with E-state index in [1.165, 1.54) is 0 Å². The van der Waals surface area contributed by atoms with E-state index < -0.39 is 0 Å². The predicted octanol–water partition coefficient (Wildman–Crippen LogP) is 2.54. The Bertz CT molecular complexity index is 973. The normalized spacial score (nSPS) is 14.5. The van der Waals surface area contributed by atoms with Gasteiger partial charge in [0.2, 0.25) is 5.91 Å². The Hall–Kier alpha value is -2.74. The van der Waals surface area contributed by atoms with Crippen molar-refractivity contribution in [2.24, 2.45) is 0 Å². The van der Waals surface area contributed by atoms with Crippen molar-refractivity contribution in [2.45, 2.75) is 27.2 Å². The van der Waals surface area contributed by atoms with Gasteiger partial charge in [0.15, 0.2) is 5.82 Å². The van der Waals surface area contributed by atoms with Crippen LogP contribution in [0, 0.1) is 20.8 Å². The number of anilines is 1. The van der Waals surface area contributed by atoms with Crippen LogP contribution in [0.4, 0.5) is 5.82 Å². The molecule has 7 nitrogen and oxygen atoms in total. The molecule has 1 amide bonds. The van der Waals surface area contributed by atoms with Crippen LogP contribution >= 0.6 is 11.3 Å². The largest absolute Gasteiger partial charge is 0.353 e. The third kappa shape index (κ3) is 3.91. The summed E-state index contributed by atoms with van der Waals surface area (Å²) in [4.78, 5) is 27.0. The molecule has 1 fully saturated rings. The zero-order chi connectivity index (χ0) is 19.7. The first-order valence-electron chi connectivity index (χ1n) is 9.44. The second kappa shape index (κ2) is 7.71. The van der Waals surface area contributed by atoms with E-state index >= 15 is 0 Å². The highest BCUT2D eigenvalue weighted by molar-refractivity contribution is 7.10. The molecule has 1 aliphatic heterocycles. The SMILES string of the molecule is Cc1cc(C)n(-c2cc(N3CCN(C(=O)Cc4cccs4)CC3)nc(C)n2)n1. The van der Waals surface area contributed by atoms with E-state index in [2.05, 4.69) is 20.0 Å². The average molecular weight is 397 g/mol. The zero-order valence-corrected chi connectivity index (χ0v) is 17.2. The van der Waals surface area contributed by atoms with Gasteiger partial charge in [0.25, 0.3) is 0 Å². The van der Waals surface area contributed by atoms with Crippen molar-refractivity contribution in [1.82, 2.24) is 24.6 Å². The lowest BCUT2D eigenvalue weighted by atomic mass is 10.2. The first kappa shape index (κ1) is 18.6. The molecule has 1 saturated heterocycles. The summed E-state index contributed by atoms with van der Waals surface area (Å²) in [6.07, 6.45) is 0.492. The van der Waals surface area contributed by atoms with E-state index in [-0.39, 0.29) is 5.91 Å². The summed E-state index contributed by atoms with van der Waals surface area (Å²) in [6.45, 7) is 8.86. The first-order valence-corrected chi connectivity index (χ1v) is 10.3. The number of aromatic nitrogens is 4. The molecule has 0 radical (unpaired) electrons. The van der Waals surface area contributed by atoms with Crippen LogP contribution in [0.1, 0.15) is 22.1 Å². The summed E-state index contributed by atoms with van der Waals surface area (Å²) < 4.78 is 1.86. The minimum atomic E-state index is 0.198. The molecular weight excluding hydrogens is 372 g/mol. The Labute approximate surface area is 168 Å². The van der Waals surface area contributed by atoms with Gasteiger partial charge in [-0.05, 0) is 38.3 Å². The maximum atomic E-state index is 12.5. The number of amides is 1. The van der Waals surface area contributed by atoms with Crippen LogP contribution < -0.4 is 4.90 Å². The fourth-order valence-electron chi connectivity index (χ4n) is 3.53. The van der Waals surface area contributed by atoms with Gasteiger partial charge in [0, 0.05) is 42.8 Å². The summed E-state index contributed by atoms with van der Waals surface area (Å²) in [6, 6.07) is 8.02. The Morgan fingerprint density at radius 3 is 2.46 bits per heavy atom. The summed E-state index contributed by atoms with van der Waals surface area (Å²) in [5.41, 5.74) is 2.01. The highest BCUT2D eigenvalue weighted by atomic mass is 32.1. The van der Waals surface area contributed by atoms with Crippen LogP contribution in [0.25, 0.3) is 5.82 Å². The number of rotatable bonds is 4. The van der Waals surface area contributed by atoms with Gasteiger partial charge in [-0.3, -0.25) is 4.79 Å². The Kier molecular flexibility index (Phi) is 5.13. The molecule has 0 aliphatic carbocycles. The van der Waals surface area contributed by atoms with Gasteiger partial charge in [-0.25, -0.2) is 14.6 Å². The van der Waals surface area contributed by atoms with Gasteiger partial charge in [0.1, 0.15) is 11.6 Å². The number of nitrogens with zero attached hydrogens (tertiary/aromatic N) is 6. The number of aryl methyl sites for hydroxylation is 3. The molecule has 28 heavy (non-hydrogen) atoms. The molecule has 1 aliphatic rings. The fourth-order valence-corrected chi connectivity index (χ4v) is 4.22. The lowest BCUT2D eigenvalue weighted by molar-refractivity contribution is -0.130. The molecule has 146 valence electrons. The van der Waals surface area contributed by atoms with Crippen molar-refractivity contribution in [2.75, 3.05) is 31.1 Å². The molecule has 0 saturated carbocycles. The molecule has 0 aromatic carbocycles. The summed E-state index contributed by atoms with van der Waals surface area (Å²) in [5.74, 6) is 2.59. The van der Waals surface area contributed by atoms with E-state index in [0.717, 1.165) is 46.8 Å². The summed E-state index contributed by atoms with van der Waals surface area (Å²) in [7, 11) is 0. The Morgan fingerprint density at radius 2 is 1.82 bits per heavy atom. The fraction of sp³-hybridized carbons (Fsp3) is 0.400. The van der Waals surface area contributed by atoms with Crippen molar-refractivity contribution >= 4 is 23.1 Å². The highest BCUT2D eigenvalue weighted by Gasteiger charge is 2.23. The topological polar surface area (TPSA) is 67.2 Å². The quantitative estimate of drug-likeness (QED) is 0.678. The van der Waals surface area contributed by atoms with Crippen LogP contribution in [0.3, 0.4) is 0 Å². The second-order valence-electron chi connectivity index (χ2n) is 7.09. The molecular formula is C20H24N6OS. The number of piperazine rings is 1. The van der Waals surface area contributed by atoms with Crippen LogP contribution in [-0.4, -0.2) is 56.7 Å². The second-order valence-corrected chi connectivity index (χ2v) is 8.13. The third-order valence-corrected chi connectivity index (χ3v) is 5.78. The van der Waals surface area contributed by atoms with E-state index in [0.29, 0.717) is 19.5 Å². The van der Waals surface area contributed by atoms with E-state index in [9.17, 15) is 4.79 Å². The zero-order valence-electron chi connectivity index (χ0n) is 16.4. The molecule has 0 bridgehead atoms. The van der Waals surface area contributed by atoms with Crippen molar-refractivity contribution < 1.29 is 4.79 Å². The van der Waals surface area contributed by atoms with E-state index in [1.54, 1.807) is 11.3 Å². The maximum Gasteiger partial charge on any atom is 0.227 e. The van der Waals surface area contributed by atoms with Gasteiger partial charge < -0.3 is 9.80 Å². The maximum absolute atomic E-state index is 12.5. The van der Waals surface area contributed by atoms with Gasteiger partial charge in [0.05, 0.1) is 12.1 Å². The summed E-state index contributed by atoms with van der Waals surface area (Å²) in [5, 5.41) is 6.55. The van der Waals surface area contributed by atoms with E-state index in [1.807, 2.05) is 60.0 Å². The number of carbonyl (C=O) groups is 1. The standard InChI is InChI=1S/C20H24N6OS/c1-14-11-15(2)26(23-14)19-13-18(21-16(3)22-19)24-6-8-25(9-7-24)20(27)12-17-5-4-10-28-17/h4-5,10-11,13H,6-9,12H2,1-3H3. The number of thiophene rings is 1.